The van der Waals surface area contributed by atoms with Crippen molar-refractivity contribution in [1.82, 2.24) is 20.0 Å². The fourth-order valence-corrected chi connectivity index (χ4v) is 3.26. The van der Waals surface area contributed by atoms with Crippen LogP contribution < -0.4 is 4.90 Å². The molecule has 0 amide bonds. The maximum absolute atomic E-state index is 5.75. The summed E-state index contributed by atoms with van der Waals surface area (Å²) in [7, 11) is 1.66. The number of hydrogen-bond donors (Lipinski definition) is 0. The van der Waals surface area contributed by atoms with E-state index in [1.165, 1.54) is 0 Å². The van der Waals surface area contributed by atoms with E-state index >= 15 is 0 Å². The lowest BCUT2D eigenvalue weighted by Crippen LogP contribution is -2.14. The Hall–Kier alpha value is -2.71. The maximum atomic E-state index is 5.75. The van der Waals surface area contributed by atoms with Crippen LogP contribution in [-0.4, -0.2) is 33.8 Å². The number of nitrogens with zero attached hydrogens (tertiary/aromatic N) is 5. The van der Waals surface area contributed by atoms with Crippen molar-refractivity contribution in [1.29, 1.82) is 0 Å². The van der Waals surface area contributed by atoms with Gasteiger partial charge in [-0.2, -0.15) is 9.90 Å². The van der Waals surface area contributed by atoms with Crippen LogP contribution in [0.1, 0.15) is 16.3 Å². The highest BCUT2D eigenvalue weighted by molar-refractivity contribution is 7.09. The fraction of sp³-hybridized carbons (Fsp3) is 0.235. The quantitative estimate of drug-likeness (QED) is 0.677. The van der Waals surface area contributed by atoms with Crippen LogP contribution in [0.2, 0.25) is 0 Å². The minimum atomic E-state index is 0.428. The van der Waals surface area contributed by atoms with Gasteiger partial charge in [0.2, 0.25) is 0 Å². The second kappa shape index (κ2) is 7.04. The number of ether oxygens (including phenoxy) is 2. The molecular formula is C17H17N5O2S. The molecule has 3 aromatic rings. The Morgan fingerprint density at radius 3 is 3.00 bits per heavy atom. The molecule has 0 N–H and O–H groups in total. The van der Waals surface area contributed by atoms with E-state index in [-0.39, 0.29) is 0 Å². The molecule has 1 aliphatic heterocycles. The molecule has 0 bridgehead atoms. The van der Waals surface area contributed by atoms with Crippen molar-refractivity contribution in [2.45, 2.75) is 13.2 Å². The second-order valence-electron chi connectivity index (χ2n) is 5.50. The SMILES string of the molecule is COCc1nc(Cn2ncc(N3C=C(c4ccccc4)OC3)n2)cs1. The topological polar surface area (TPSA) is 65.3 Å². The third kappa shape index (κ3) is 3.54. The predicted molar refractivity (Wildman–Crippen MR) is 94.8 cm³/mol. The summed E-state index contributed by atoms with van der Waals surface area (Å²) in [4.78, 5) is 8.06. The predicted octanol–water partition coefficient (Wildman–Crippen LogP) is 2.72. The number of methoxy groups -OCH3 is 1. The first-order chi connectivity index (χ1) is 12.3. The third-order valence-electron chi connectivity index (χ3n) is 3.68. The van der Waals surface area contributed by atoms with E-state index in [1.807, 2.05) is 46.8 Å². The summed E-state index contributed by atoms with van der Waals surface area (Å²) in [5.41, 5.74) is 1.97. The lowest BCUT2D eigenvalue weighted by molar-refractivity contribution is 0.184. The molecule has 0 fully saturated rings. The van der Waals surface area contributed by atoms with E-state index in [4.69, 9.17) is 9.47 Å². The highest BCUT2D eigenvalue weighted by atomic mass is 32.1. The van der Waals surface area contributed by atoms with Crippen molar-refractivity contribution in [2.75, 3.05) is 18.7 Å². The fourth-order valence-electron chi connectivity index (χ4n) is 2.50. The maximum Gasteiger partial charge on any atom is 0.177 e. The zero-order valence-corrected chi connectivity index (χ0v) is 14.5. The molecule has 2 aromatic heterocycles. The van der Waals surface area contributed by atoms with E-state index in [0.717, 1.165) is 27.8 Å². The van der Waals surface area contributed by atoms with E-state index in [0.29, 0.717) is 19.9 Å². The van der Waals surface area contributed by atoms with Crippen LogP contribution in [0, 0.1) is 0 Å². The minimum absolute atomic E-state index is 0.428. The molecule has 0 radical (unpaired) electrons. The van der Waals surface area contributed by atoms with E-state index in [2.05, 4.69) is 15.2 Å². The normalized spacial score (nSPS) is 13.8. The van der Waals surface area contributed by atoms with Crippen molar-refractivity contribution < 1.29 is 9.47 Å². The molecule has 0 spiro atoms. The van der Waals surface area contributed by atoms with Gasteiger partial charge in [0.05, 0.1) is 24.7 Å². The molecule has 7 nitrogen and oxygen atoms in total. The molecule has 0 aliphatic carbocycles. The van der Waals surface area contributed by atoms with Gasteiger partial charge >= 0.3 is 0 Å². The molecule has 0 atom stereocenters. The first kappa shape index (κ1) is 15.8. The molecule has 1 aromatic carbocycles. The summed E-state index contributed by atoms with van der Waals surface area (Å²) < 4.78 is 10.8. The monoisotopic (exact) mass is 355 g/mol. The van der Waals surface area contributed by atoms with Crippen LogP contribution in [0.4, 0.5) is 5.82 Å². The molecular weight excluding hydrogens is 338 g/mol. The minimum Gasteiger partial charge on any atom is -0.471 e. The van der Waals surface area contributed by atoms with Crippen molar-refractivity contribution in [3.8, 4) is 0 Å². The smallest absolute Gasteiger partial charge is 0.177 e. The molecule has 3 heterocycles. The number of thiazole rings is 1. The van der Waals surface area contributed by atoms with Gasteiger partial charge in [-0.25, -0.2) is 4.98 Å². The highest BCUT2D eigenvalue weighted by Gasteiger charge is 2.19. The van der Waals surface area contributed by atoms with Gasteiger partial charge in [-0.15, -0.1) is 16.4 Å². The van der Waals surface area contributed by atoms with Gasteiger partial charge in [-0.1, -0.05) is 30.3 Å². The highest BCUT2D eigenvalue weighted by Crippen LogP contribution is 2.25. The number of benzene rings is 1. The van der Waals surface area contributed by atoms with Crippen molar-refractivity contribution >= 4 is 22.9 Å². The van der Waals surface area contributed by atoms with Crippen molar-refractivity contribution in [3.63, 3.8) is 0 Å². The van der Waals surface area contributed by atoms with Gasteiger partial charge in [0.25, 0.3) is 0 Å². The first-order valence-corrected chi connectivity index (χ1v) is 8.69. The molecule has 0 saturated heterocycles. The zero-order valence-electron chi connectivity index (χ0n) is 13.7. The lowest BCUT2D eigenvalue weighted by Gasteiger charge is -2.07. The largest absolute Gasteiger partial charge is 0.471 e. The van der Waals surface area contributed by atoms with Gasteiger partial charge in [0.1, 0.15) is 17.3 Å². The first-order valence-electron chi connectivity index (χ1n) is 7.81. The van der Waals surface area contributed by atoms with Crippen molar-refractivity contribution in [2.24, 2.45) is 0 Å². The summed E-state index contributed by atoms with van der Waals surface area (Å²) >= 11 is 1.58. The number of anilines is 1. The molecule has 0 saturated carbocycles. The molecule has 4 rings (SSSR count). The molecule has 8 heteroatoms. The Balaban J connectivity index is 1.45. The van der Waals surface area contributed by atoms with E-state index in [9.17, 15) is 0 Å². The van der Waals surface area contributed by atoms with Crippen LogP contribution in [0.5, 0.6) is 0 Å². The van der Waals surface area contributed by atoms with Crippen LogP contribution in [0.15, 0.2) is 48.1 Å². The van der Waals surface area contributed by atoms with Gasteiger partial charge in [0, 0.05) is 18.1 Å². The second-order valence-corrected chi connectivity index (χ2v) is 6.44. The van der Waals surface area contributed by atoms with Crippen LogP contribution >= 0.6 is 11.3 Å². The average molecular weight is 355 g/mol. The zero-order chi connectivity index (χ0) is 17.1. The Morgan fingerprint density at radius 1 is 1.28 bits per heavy atom. The van der Waals surface area contributed by atoms with Gasteiger partial charge in [-0.05, 0) is 0 Å². The number of rotatable bonds is 6. The molecule has 0 unspecified atom stereocenters. The standard InChI is InChI=1S/C17H17N5O2S/c1-23-10-17-19-14(11-25-17)8-22-18-7-16(20-22)21-9-15(24-12-21)13-5-3-2-4-6-13/h2-7,9,11H,8,10,12H2,1H3. The molecule has 128 valence electrons. The molecule has 1 aliphatic rings. The Morgan fingerprint density at radius 2 is 2.16 bits per heavy atom. The van der Waals surface area contributed by atoms with Crippen LogP contribution in [-0.2, 0) is 22.6 Å². The number of aromatic nitrogens is 4. The summed E-state index contributed by atoms with van der Waals surface area (Å²) in [6.45, 7) is 1.49. The number of hydrogen-bond acceptors (Lipinski definition) is 7. The molecule has 25 heavy (non-hydrogen) atoms. The van der Waals surface area contributed by atoms with E-state index < -0.39 is 0 Å². The van der Waals surface area contributed by atoms with Gasteiger partial charge in [0.15, 0.2) is 12.5 Å². The Labute approximate surface area is 149 Å². The Kier molecular flexibility index (Phi) is 4.45. The summed E-state index contributed by atoms with van der Waals surface area (Å²) in [5, 5.41) is 11.8. The van der Waals surface area contributed by atoms with Crippen LogP contribution in [0.25, 0.3) is 5.76 Å². The average Bonchev–Trinajstić information content (AvgIpc) is 3.37. The summed E-state index contributed by atoms with van der Waals surface area (Å²) in [6.07, 6.45) is 3.68. The summed E-state index contributed by atoms with van der Waals surface area (Å²) in [5.74, 6) is 1.58. The van der Waals surface area contributed by atoms with Gasteiger partial charge in [-0.3, -0.25) is 4.90 Å². The van der Waals surface area contributed by atoms with Gasteiger partial charge < -0.3 is 9.47 Å². The third-order valence-corrected chi connectivity index (χ3v) is 4.55. The van der Waals surface area contributed by atoms with E-state index in [1.54, 1.807) is 29.4 Å². The van der Waals surface area contributed by atoms with Crippen LogP contribution in [0.3, 0.4) is 0 Å². The summed E-state index contributed by atoms with van der Waals surface area (Å²) in [6, 6.07) is 10.0. The van der Waals surface area contributed by atoms with Crippen molar-refractivity contribution in [3.05, 3.63) is 64.4 Å². The Bertz CT molecular complexity index is 874. The lowest BCUT2D eigenvalue weighted by atomic mass is 10.2.